The molecule has 0 spiro atoms. The lowest BCUT2D eigenvalue weighted by Gasteiger charge is -2.18. The minimum Gasteiger partial charge on any atom is -0.508 e. The van der Waals surface area contributed by atoms with E-state index < -0.39 is 0 Å². The highest BCUT2D eigenvalue weighted by molar-refractivity contribution is 5.95. The maximum atomic E-state index is 11.3. The summed E-state index contributed by atoms with van der Waals surface area (Å²) >= 11 is 0. The number of anilines is 1. The first-order valence-electron chi connectivity index (χ1n) is 6.96. The van der Waals surface area contributed by atoms with Crippen molar-refractivity contribution < 1.29 is 14.6 Å². The van der Waals surface area contributed by atoms with Gasteiger partial charge in [-0.1, -0.05) is 12.1 Å². The van der Waals surface area contributed by atoms with Gasteiger partial charge in [0, 0.05) is 0 Å². The van der Waals surface area contributed by atoms with E-state index in [2.05, 4.69) is 5.32 Å². The van der Waals surface area contributed by atoms with Crippen molar-refractivity contribution in [2.45, 2.75) is 19.8 Å². The van der Waals surface area contributed by atoms with Crippen molar-refractivity contribution in [1.29, 1.82) is 0 Å². The second kappa shape index (κ2) is 5.48. The Balaban J connectivity index is 1.73. The first-order valence-corrected chi connectivity index (χ1v) is 6.96. The molecule has 0 saturated carbocycles. The molecule has 21 heavy (non-hydrogen) atoms. The number of benzene rings is 2. The van der Waals surface area contributed by atoms with Crippen molar-refractivity contribution in [2.75, 3.05) is 11.9 Å². The van der Waals surface area contributed by atoms with Gasteiger partial charge in [0.05, 0.1) is 5.69 Å². The zero-order valence-electron chi connectivity index (χ0n) is 11.8. The van der Waals surface area contributed by atoms with E-state index in [0.717, 1.165) is 35.4 Å². The molecule has 2 N–H and O–H groups in total. The number of fused-ring (bicyclic) bond motifs is 1. The molecule has 0 unspecified atom stereocenters. The van der Waals surface area contributed by atoms with E-state index >= 15 is 0 Å². The maximum Gasteiger partial charge on any atom is 0.262 e. The lowest BCUT2D eigenvalue weighted by Crippen LogP contribution is -2.25. The summed E-state index contributed by atoms with van der Waals surface area (Å²) in [5.41, 5.74) is 4.19. The monoisotopic (exact) mass is 283 g/mol. The van der Waals surface area contributed by atoms with Crippen LogP contribution in [0.2, 0.25) is 0 Å². The molecular weight excluding hydrogens is 266 g/mol. The number of aryl methyl sites for hydroxylation is 3. The van der Waals surface area contributed by atoms with Crippen LogP contribution < -0.4 is 10.1 Å². The van der Waals surface area contributed by atoms with Crippen LogP contribution in [-0.2, 0) is 17.6 Å². The molecule has 0 atom stereocenters. The number of carbonyl (C=O) groups is 1. The molecule has 0 aliphatic carbocycles. The van der Waals surface area contributed by atoms with Crippen LogP contribution in [0.3, 0.4) is 0 Å². The molecule has 1 amide bonds. The number of amides is 1. The van der Waals surface area contributed by atoms with Gasteiger partial charge in [0.2, 0.25) is 0 Å². The highest BCUT2D eigenvalue weighted by Gasteiger charge is 2.15. The van der Waals surface area contributed by atoms with Crippen LogP contribution in [0.5, 0.6) is 11.5 Å². The first kappa shape index (κ1) is 13.5. The largest absolute Gasteiger partial charge is 0.508 e. The van der Waals surface area contributed by atoms with Gasteiger partial charge in [-0.15, -0.1) is 0 Å². The molecule has 1 aliphatic heterocycles. The lowest BCUT2D eigenvalue weighted by atomic mass is 10.00. The number of phenolic OH excluding ortho intramolecular Hbond substituents is 1. The average molecular weight is 283 g/mol. The second-order valence-corrected chi connectivity index (χ2v) is 5.28. The Morgan fingerprint density at radius 3 is 2.86 bits per heavy atom. The Morgan fingerprint density at radius 2 is 2.05 bits per heavy atom. The maximum absolute atomic E-state index is 11.3. The predicted molar refractivity (Wildman–Crippen MR) is 80.8 cm³/mol. The molecule has 2 aromatic rings. The van der Waals surface area contributed by atoms with Crippen molar-refractivity contribution >= 4 is 11.6 Å². The van der Waals surface area contributed by atoms with E-state index in [1.54, 1.807) is 12.1 Å². The van der Waals surface area contributed by atoms with Gasteiger partial charge in [0.25, 0.3) is 5.91 Å². The molecule has 1 aliphatic rings. The van der Waals surface area contributed by atoms with Crippen LogP contribution in [0.4, 0.5) is 5.69 Å². The molecule has 2 aromatic carbocycles. The van der Waals surface area contributed by atoms with Crippen molar-refractivity contribution in [3.63, 3.8) is 0 Å². The Kier molecular flexibility index (Phi) is 3.52. The van der Waals surface area contributed by atoms with Crippen molar-refractivity contribution in [2.24, 2.45) is 0 Å². The molecule has 0 fully saturated rings. The first-order chi connectivity index (χ1) is 10.1. The lowest BCUT2D eigenvalue weighted by molar-refractivity contribution is -0.118. The minimum absolute atomic E-state index is 0.0824. The average Bonchev–Trinajstić information content (AvgIpc) is 2.46. The summed E-state index contributed by atoms with van der Waals surface area (Å²) in [7, 11) is 0. The summed E-state index contributed by atoms with van der Waals surface area (Å²) in [5.74, 6) is 0.901. The molecule has 0 radical (unpaired) electrons. The van der Waals surface area contributed by atoms with Crippen LogP contribution >= 0.6 is 0 Å². The van der Waals surface area contributed by atoms with Crippen LogP contribution in [0, 0.1) is 6.92 Å². The Morgan fingerprint density at radius 1 is 1.19 bits per heavy atom. The van der Waals surface area contributed by atoms with Gasteiger partial charge in [0.15, 0.2) is 6.61 Å². The van der Waals surface area contributed by atoms with Gasteiger partial charge >= 0.3 is 0 Å². The van der Waals surface area contributed by atoms with Gasteiger partial charge in [-0.05, 0) is 60.7 Å². The quantitative estimate of drug-likeness (QED) is 0.910. The third-order valence-electron chi connectivity index (χ3n) is 3.69. The fourth-order valence-corrected chi connectivity index (χ4v) is 2.53. The molecule has 0 aromatic heterocycles. The summed E-state index contributed by atoms with van der Waals surface area (Å²) in [6.45, 7) is 2.08. The van der Waals surface area contributed by atoms with E-state index in [0.29, 0.717) is 5.75 Å². The molecule has 4 nitrogen and oxygen atoms in total. The number of aromatic hydroxyl groups is 1. The number of ether oxygens (including phenoxy) is 1. The zero-order valence-corrected chi connectivity index (χ0v) is 11.8. The Labute approximate surface area is 123 Å². The molecule has 4 heteroatoms. The van der Waals surface area contributed by atoms with Crippen LogP contribution in [-0.4, -0.2) is 17.6 Å². The van der Waals surface area contributed by atoms with E-state index in [4.69, 9.17) is 4.74 Å². The summed E-state index contributed by atoms with van der Waals surface area (Å²) in [4.78, 5) is 11.3. The number of phenols is 1. The highest BCUT2D eigenvalue weighted by atomic mass is 16.5. The van der Waals surface area contributed by atoms with Crippen LogP contribution in [0.1, 0.15) is 16.7 Å². The van der Waals surface area contributed by atoms with Gasteiger partial charge in [0.1, 0.15) is 11.5 Å². The van der Waals surface area contributed by atoms with E-state index in [9.17, 15) is 9.90 Å². The normalized spacial score (nSPS) is 13.3. The van der Waals surface area contributed by atoms with E-state index in [1.807, 2.05) is 31.2 Å². The highest BCUT2D eigenvalue weighted by Crippen LogP contribution is 2.29. The number of carbonyl (C=O) groups excluding carboxylic acids is 1. The summed E-state index contributed by atoms with van der Waals surface area (Å²) < 4.78 is 5.35. The third kappa shape index (κ3) is 2.99. The molecule has 0 bridgehead atoms. The number of hydrogen-bond acceptors (Lipinski definition) is 3. The molecule has 108 valence electrons. The predicted octanol–water partition coefficient (Wildman–Crippen LogP) is 2.82. The van der Waals surface area contributed by atoms with Crippen molar-refractivity contribution in [3.05, 3.63) is 53.1 Å². The second-order valence-electron chi connectivity index (χ2n) is 5.28. The van der Waals surface area contributed by atoms with Crippen molar-refractivity contribution in [1.82, 2.24) is 0 Å². The van der Waals surface area contributed by atoms with E-state index in [-0.39, 0.29) is 12.5 Å². The summed E-state index contributed by atoms with van der Waals surface area (Å²) in [6.07, 6.45) is 1.76. The fourth-order valence-electron chi connectivity index (χ4n) is 2.53. The third-order valence-corrected chi connectivity index (χ3v) is 3.69. The Bertz CT molecular complexity index is 694. The summed E-state index contributed by atoms with van der Waals surface area (Å²) in [6, 6.07) is 11.3. The fraction of sp³-hybridized carbons (Fsp3) is 0.235. The minimum atomic E-state index is -0.117. The molecule has 1 heterocycles. The summed E-state index contributed by atoms with van der Waals surface area (Å²) in [5, 5.41) is 12.2. The number of rotatable bonds is 3. The standard InChI is InChI=1S/C17H17NO3/c1-11-8-14(19)6-5-13(11)4-2-12-3-7-16-15(9-12)18-17(20)10-21-16/h3,5-9,19H,2,4,10H2,1H3,(H,18,20). The number of nitrogens with one attached hydrogen (secondary N) is 1. The zero-order chi connectivity index (χ0) is 14.8. The SMILES string of the molecule is Cc1cc(O)ccc1CCc1ccc2c(c1)NC(=O)CO2. The molecule has 0 saturated heterocycles. The number of hydrogen-bond donors (Lipinski definition) is 2. The van der Waals surface area contributed by atoms with Gasteiger partial charge in [-0.25, -0.2) is 0 Å². The Hall–Kier alpha value is -2.49. The molecular formula is C17H17NO3. The van der Waals surface area contributed by atoms with Gasteiger partial charge in [-0.3, -0.25) is 4.79 Å². The van der Waals surface area contributed by atoms with Crippen LogP contribution in [0.25, 0.3) is 0 Å². The molecule has 3 rings (SSSR count). The topological polar surface area (TPSA) is 58.6 Å². The van der Waals surface area contributed by atoms with E-state index in [1.165, 1.54) is 5.56 Å². The smallest absolute Gasteiger partial charge is 0.262 e. The van der Waals surface area contributed by atoms with Crippen molar-refractivity contribution in [3.8, 4) is 11.5 Å². The van der Waals surface area contributed by atoms with Crippen LogP contribution in [0.15, 0.2) is 36.4 Å². The van der Waals surface area contributed by atoms with Gasteiger partial charge in [-0.2, -0.15) is 0 Å². The van der Waals surface area contributed by atoms with Gasteiger partial charge < -0.3 is 15.2 Å².